The van der Waals surface area contributed by atoms with E-state index in [9.17, 15) is 4.79 Å². The molecule has 0 aromatic heterocycles. The topological polar surface area (TPSA) is 38.3 Å². The predicted octanol–water partition coefficient (Wildman–Crippen LogP) is 1.57. The highest BCUT2D eigenvalue weighted by Crippen LogP contribution is 2.01. The fourth-order valence-corrected chi connectivity index (χ4v) is 0.922. The summed E-state index contributed by atoms with van der Waals surface area (Å²) >= 11 is 0. The van der Waals surface area contributed by atoms with Crippen molar-refractivity contribution in [2.45, 2.75) is 46.7 Å². The molecule has 0 aliphatic rings. The Morgan fingerprint density at radius 1 is 1.31 bits per heavy atom. The molecule has 0 aromatic rings. The molecule has 0 aliphatic heterocycles. The lowest BCUT2D eigenvalue weighted by Gasteiger charge is -2.21. The number of hydrogen-bond acceptors (Lipinski definition) is 3. The molecule has 3 nitrogen and oxygen atoms in total. The largest absolute Gasteiger partial charge is 0.465 e. The Bertz CT molecular complexity index is 157. The van der Waals surface area contributed by atoms with E-state index < -0.39 is 0 Å². The Labute approximate surface area is 80.8 Å². The average Bonchev–Trinajstić information content (AvgIpc) is 2.04. The van der Waals surface area contributed by atoms with Gasteiger partial charge in [0, 0.05) is 6.04 Å². The monoisotopic (exact) mass is 187 g/mol. The molecule has 0 heterocycles. The number of ether oxygens (including phenoxy) is 1. The van der Waals surface area contributed by atoms with E-state index in [0.29, 0.717) is 18.6 Å². The second-order valence-corrected chi connectivity index (χ2v) is 3.67. The number of rotatable bonds is 5. The van der Waals surface area contributed by atoms with Gasteiger partial charge in [0.1, 0.15) is 6.04 Å². The fourth-order valence-electron chi connectivity index (χ4n) is 0.922. The molecule has 2 unspecified atom stereocenters. The van der Waals surface area contributed by atoms with E-state index >= 15 is 0 Å². The molecule has 0 saturated carbocycles. The lowest BCUT2D eigenvalue weighted by molar-refractivity contribution is -0.145. The van der Waals surface area contributed by atoms with E-state index in [0.717, 1.165) is 0 Å². The Kier molecular flexibility index (Phi) is 5.71. The Hall–Kier alpha value is -0.570. The van der Waals surface area contributed by atoms with Gasteiger partial charge in [-0.05, 0) is 26.7 Å². The zero-order valence-electron chi connectivity index (χ0n) is 9.26. The van der Waals surface area contributed by atoms with Crippen LogP contribution in [0.5, 0.6) is 0 Å². The maximum Gasteiger partial charge on any atom is 0.322 e. The maximum atomic E-state index is 11.2. The van der Waals surface area contributed by atoms with E-state index in [1.54, 1.807) is 0 Å². The van der Waals surface area contributed by atoms with Gasteiger partial charge in [-0.1, -0.05) is 13.8 Å². The fraction of sp³-hybridized carbons (Fsp3) is 0.900. The lowest BCUT2D eigenvalue weighted by atomic mass is 10.1. The number of carbonyl (C=O) groups excluding carboxylic acids is 1. The summed E-state index contributed by atoms with van der Waals surface area (Å²) in [5.74, 6) is 0.354. The molecule has 0 fully saturated rings. The van der Waals surface area contributed by atoms with Gasteiger partial charge in [-0.25, -0.2) is 0 Å². The molecule has 78 valence electrons. The van der Waals surface area contributed by atoms with Crippen LogP contribution in [0.3, 0.4) is 0 Å². The van der Waals surface area contributed by atoms with Crippen molar-refractivity contribution in [3.63, 3.8) is 0 Å². The minimum Gasteiger partial charge on any atom is -0.465 e. The summed E-state index contributed by atoms with van der Waals surface area (Å²) in [6, 6.07) is 0.122. The van der Waals surface area contributed by atoms with E-state index in [4.69, 9.17) is 4.74 Å². The number of esters is 1. The van der Waals surface area contributed by atoms with Crippen LogP contribution in [0, 0.1) is 5.92 Å². The van der Waals surface area contributed by atoms with Crippen molar-refractivity contribution in [2.24, 2.45) is 5.92 Å². The van der Waals surface area contributed by atoms with Crippen molar-refractivity contribution in [3.8, 4) is 0 Å². The third-order valence-electron chi connectivity index (χ3n) is 2.15. The SMILES string of the molecule is CCOC(=O)C(C)NC(C)C(C)C. The molecule has 0 rings (SSSR count). The van der Waals surface area contributed by atoms with Gasteiger partial charge in [-0.15, -0.1) is 0 Å². The first-order chi connectivity index (χ1) is 5.99. The van der Waals surface area contributed by atoms with E-state index in [2.05, 4.69) is 26.1 Å². The van der Waals surface area contributed by atoms with Crippen LogP contribution >= 0.6 is 0 Å². The molecular formula is C10H21NO2. The molecule has 0 bridgehead atoms. The van der Waals surface area contributed by atoms with E-state index in [-0.39, 0.29) is 12.0 Å². The predicted molar refractivity (Wildman–Crippen MR) is 53.5 cm³/mol. The highest BCUT2D eigenvalue weighted by molar-refractivity contribution is 5.75. The van der Waals surface area contributed by atoms with Gasteiger partial charge >= 0.3 is 5.97 Å². The zero-order chi connectivity index (χ0) is 10.4. The Morgan fingerprint density at radius 2 is 1.85 bits per heavy atom. The average molecular weight is 187 g/mol. The van der Waals surface area contributed by atoms with Crippen LogP contribution in [0.2, 0.25) is 0 Å². The molecule has 0 radical (unpaired) electrons. The normalized spacial score (nSPS) is 15.5. The molecular weight excluding hydrogens is 166 g/mol. The molecule has 3 heteroatoms. The van der Waals surface area contributed by atoms with Crippen LogP contribution in [0.15, 0.2) is 0 Å². The number of nitrogens with one attached hydrogen (secondary N) is 1. The molecule has 0 saturated heterocycles. The molecule has 0 spiro atoms. The van der Waals surface area contributed by atoms with Gasteiger partial charge in [0.2, 0.25) is 0 Å². The second kappa shape index (κ2) is 5.97. The van der Waals surface area contributed by atoms with Gasteiger partial charge < -0.3 is 10.1 Å². The zero-order valence-corrected chi connectivity index (χ0v) is 9.26. The third kappa shape index (κ3) is 4.88. The minimum atomic E-state index is -0.211. The first-order valence-electron chi connectivity index (χ1n) is 4.91. The van der Waals surface area contributed by atoms with Crippen molar-refractivity contribution in [2.75, 3.05) is 6.61 Å². The highest BCUT2D eigenvalue weighted by Gasteiger charge is 2.17. The first-order valence-corrected chi connectivity index (χ1v) is 4.91. The highest BCUT2D eigenvalue weighted by atomic mass is 16.5. The summed E-state index contributed by atoms with van der Waals surface area (Å²) < 4.78 is 4.88. The van der Waals surface area contributed by atoms with Crippen molar-refractivity contribution in [3.05, 3.63) is 0 Å². The van der Waals surface area contributed by atoms with Gasteiger partial charge in [0.05, 0.1) is 6.61 Å². The van der Waals surface area contributed by atoms with Gasteiger partial charge in [-0.3, -0.25) is 4.79 Å². The number of carbonyl (C=O) groups is 1. The lowest BCUT2D eigenvalue weighted by Crippen LogP contribution is -2.43. The second-order valence-electron chi connectivity index (χ2n) is 3.67. The first kappa shape index (κ1) is 12.4. The van der Waals surface area contributed by atoms with Crippen molar-refractivity contribution < 1.29 is 9.53 Å². The van der Waals surface area contributed by atoms with Gasteiger partial charge in [-0.2, -0.15) is 0 Å². The van der Waals surface area contributed by atoms with Gasteiger partial charge in [0.15, 0.2) is 0 Å². The van der Waals surface area contributed by atoms with Crippen molar-refractivity contribution >= 4 is 5.97 Å². The summed E-state index contributed by atoms with van der Waals surface area (Å²) in [4.78, 5) is 11.2. The summed E-state index contributed by atoms with van der Waals surface area (Å²) in [5.41, 5.74) is 0. The summed E-state index contributed by atoms with van der Waals surface area (Å²) in [7, 11) is 0. The Morgan fingerprint density at radius 3 is 2.23 bits per heavy atom. The van der Waals surface area contributed by atoms with Crippen molar-refractivity contribution in [1.82, 2.24) is 5.32 Å². The van der Waals surface area contributed by atoms with Crippen LogP contribution in [0.25, 0.3) is 0 Å². The molecule has 0 amide bonds. The summed E-state index contributed by atoms with van der Waals surface area (Å²) in [6.45, 7) is 10.4. The molecule has 0 aliphatic carbocycles. The van der Waals surface area contributed by atoms with Crippen LogP contribution < -0.4 is 5.32 Å². The molecule has 0 aromatic carbocycles. The maximum absolute atomic E-state index is 11.2. The van der Waals surface area contributed by atoms with E-state index in [1.165, 1.54) is 0 Å². The van der Waals surface area contributed by atoms with Gasteiger partial charge in [0.25, 0.3) is 0 Å². The third-order valence-corrected chi connectivity index (χ3v) is 2.15. The van der Waals surface area contributed by atoms with Crippen molar-refractivity contribution in [1.29, 1.82) is 0 Å². The molecule has 1 N–H and O–H groups in total. The smallest absolute Gasteiger partial charge is 0.322 e. The standard InChI is InChI=1S/C10H21NO2/c1-6-13-10(12)9(5)11-8(4)7(2)3/h7-9,11H,6H2,1-5H3. The summed E-state index contributed by atoms with van der Waals surface area (Å²) in [5, 5.41) is 3.19. The van der Waals surface area contributed by atoms with Crippen LogP contribution in [0.1, 0.15) is 34.6 Å². The Balaban J connectivity index is 3.85. The van der Waals surface area contributed by atoms with E-state index in [1.807, 2.05) is 13.8 Å². The van der Waals surface area contributed by atoms with Crippen LogP contribution in [-0.4, -0.2) is 24.7 Å². The minimum absolute atomic E-state index is 0.171. The summed E-state index contributed by atoms with van der Waals surface area (Å²) in [6.07, 6.45) is 0. The van der Waals surface area contributed by atoms with Crippen LogP contribution in [0.4, 0.5) is 0 Å². The quantitative estimate of drug-likeness (QED) is 0.664. The number of hydrogen-bond donors (Lipinski definition) is 1. The molecule has 2 atom stereocenters. The van der Waals surface area contributed by atoms with Crippen LogP contribution in [-0.2, 0) is 9.53 Å². The molecule has 13 heavy (non-hydrogen) atoms.